The maximum atomic E-state index is 12.3. The number of ether oxygens (including phenoxy) is 1. The Morgan fingerprint density at radius 2 is 1.97 bits per heavy atom. The van der Waals surface area contributed by atoms with E-state index >= 15 is 0 Å². The molecule has 4 rings (SSSR count). The SMILES string of the molecule is NC(=O)NC1CCc2cc(-c3ncn(-c4ccc(OC(F)(F)F)cc4)n3)ccc21. The summed E-state index contributed by atoms with van der Waals surface area (Å²) in [5.41, 5.74) is 8.67. The molecule has 0 fully saturated rings. The Balaban J connectivity index is 1.53. The van der Waals surface area contributed by atoms with Gasteiger partial charge < -0.3 is 15.8 Å². The summed E-state index contributed by atoms with van der Waals surface area (Å²) in [4.78, 5) is 15.4. The third kappa shape index (κ3) is 4.15. The molecule has 3 N–H and O–H groups in total. The summed E-state index contributed by atoms with van der Waals surface area (Å²) in [5.74, 6) is 0.175. The maximum Gasteiger partial charge on any atom is 0.573 e. The molecule has 0 spiro atoms. The molecule has 29 heavy (non-hydrogen) atoms. The number of nitrogens with two attached hydrogens (primary N) is 1. The van der Waals surface area contributed by atoms with Gasteiger partial charge in [0, 0.05) is 5.56 Å². The summed E-state index contributed by atoms with van der Waals surface area (Å²) < 4.78 is 42.1. The molecule has 0 saturated carbocycles. The van der Waals surface area contributed by atoms with Crippen molar-refractivity contribution in [3.05, 3.63) is 59.9 Å². The molecule has 0 radical (unpaired) electrons. The minimum absolute atomic E-state index is 0.0977. The van der Waals surface area contributed by atoms with E-state index in [1.807, 2.05) is 18.2 Å². The molecule has 1 aliphatic carbocycles. The largest absolute Gasteiger partial charge is 0.573 e. The predicted molar refractivity (Wildman–Crippen MR) is 97.3 cm³/mol. The molecule has 0 bridgehead atoms. The number of nitrogens with one attached hydrogen (secondary N) is 1. The molecule has 2 amide bonds. The Bertz CT molecular complexity index is 1050. The van der Waals surface area contributed by atoms with Gasteiger partial charge in [0.05, 0.1) is 11.7 Å². The maximum absolute atomic E-state index is 12.3. The van der Waals surface area contributed by atoms with Crippen LogP contribution in [0.15, 0.2) is 48.8 Å². The fourth-order valence-electron chi connectivity index (χ4n) is 3.40. The Morgan fingerprint density at radius 3 is 2.66 bits per heavy atom. The number of fused-ring (bicyclic) bond motifs is 1. The van der Waals surface area contributed by atoms with E-state index in [0.717, 1.165) is 29.5 Å². The summed E-state index contributed by atoms with van der Waals surface area (Å²) >= 11 is 0. The van der Waals surface area contributed by atoms with E-state index in [2.05, 4.69) is 20.1 Å². The van der Waals surface area contributed by atoms with Crippen LogP contribution in [0.25, 0.3) is 17.1 Å². The molecule has 2 aromatic carbocycles. The highest BCUT2D eigenvalue weighted by Gasteiger charge is 2.31. The smallest absolute Gasteiger partial charge is 0.406 e. The number of urea groups is 1. The fourth-order valence-corrected chi connectivity index (χ4v) is 3.40. The minimum Gasteiger partial charge on any atom is -0.406 e. The minimum atomic E-state index is -4.73. The lowest BCUT2D eigenvalue weighted by Gasteiger charge is -2.12. The zero-order valence-corrected chi connectivity index (χ0v) is 15.0. The average molecular weight is 403 g/mol. The number of halogens is 3. The second kappa shape index (κ2) is 7.12. The summed E-state index contributed by atoms with van der Waals surface area (Å²) in [6, 6.07) is 10.4. The van der Waals surface area contributed by atoms with Crippen LogP contribution in [0, 0.1) is 0 Å². The van der Waals surface area contributed by atoms with Crippen molar-refractivity contribution < 1.29 is 22.7 Å². The molecule has 150 valence electrons. The van der Waals surface area contributed by atoms with Gasteiger partial charge in [-0.3, -0.25) is 0 Å². The van der Waals surface area contributed by atoms with Gasteiger partial charge in [-0.15, -0.1) is 18.3 Å². The number of amides is 2. The number of aromatic nitrogens is 3. The van der Waals surface area contributed by atoms with Crippen molar-refractivity contribution in [1.82, 2.24) is 20.1 Å². The van der Waals surface area contributed by atoms with Crippen molar-refractivity contribution in [2.75, 3.05) is 0 Å². The molecule has 0 aliphatic heterocycles. The van der Waals surface area contributed by atoms with Gasteiger partial charge in [0.1, 0.15) is 12.1 Å². The Kier molecular flexibility index (Phi) is 4.61. The monoisotopic (exact) mass is 403 g/mol. The van der Waals surface area contributed by atoms with Gasteiger partial charge in [-0.05, 0) is 54.3 Å². The quantitative estimate of drug-likeness (QED) is 0.697. The lowest BCUT2D eigenvalue weighted by atomic mass is 10.0. The number of primary amides is 1. The number of alkyl halides is 3. The number of hydrogen-bond acceptors (Lipinski definition) is 4. The number of rotatable bonds is 4. The Labute approximate surface area is 163 Å². The first-order valence-electron chi connectivity index (χ1n) is 8.75. The third-order valence-corrected chi connectivity index (χ3v) is 4.62. The van der Waals surface area contributed by atoms with Crippen molar-refractivity contribution in [1.29, 1.82) is 0 Å². The van der Waals surface area contributed by atoms with Crippen LogP contribution in [-0.2, 0) is 6.42 Å². The molecular weight excluding hydrogens is 387 g/mol. The van der Waals surface area contributed by atoms with Crippen LogP contribution in [0.4, 0.5) is 18.0 Å². The third-order valence-electron chi connectivity index (χ3n) is 4.62. The molecule has 7 nitrogen and oxygen atoms in total. The van der Waals surface area contributed by atoms with Gasteiger partial charge in [0.2, 0.25) is 0 Å². The van der Waals surface area contributed by atoms with Gasteiger partial charge in [-0.2, -0.15) is 0 Å². The molecule has 1 unspecified atom stereocenters. The number of nitrogens with zero attached hydrogens (tertiary/aromatic N) is 3. The Hall–Kier alpha value is -3.56. The fraction of sp³-hybridized carbons (Fsp3) is 0.211. The lowest BCUT2D eigenvalue weighted by Crippen LogP contribution is -2.32. The van der Waals surface area contributed by atoms with E-state index in [-0.39, 0.29) is 11.8 Å². The van der Waals surface area contributed by atoms with Crippen molar-refractivity contribution in [3.63, 3.8) is 0 Å². The lowest BCUT2D eigenvalue weighted by molar-refractivity contribution is -0.274. The van der Waals surface area contributed by atoms with Crippen LogP contribution < -0.4 is 15.8 Å². The summed E-state index contributed by atoms with van der Waals surface area (Å²) in [7, 11) is 0. The van der Waals surface area contributed by atoms with Crippen LogP contribution in [0.1, 0.15) is 23.6 Å². The van der Waals surface area contributed by atoms with Crippen LogP contribution in [-0.4, -0.2) is 27.2 Å². The van der Waals surface area contributed by atoms with E-state index in [1.165, 1.54) is 35.3 Å². The zero-order chi connectivity index (χ0) is 20.6. The topological polar surface area (TPSA) is 95.1 Å². The highest BCUT2D eigenvalue weighted by atomic mass is 19.4. The molecule has 0 saturated heterocycles. The van der Waals surface area contributed by atoms with E-state index in [0.29, 0.717) is 11.5 Å². The number of hydrogen-bond donors (Lipinski definition) is 2. The second-order valence-corrected chi connectivity index (χ2v) is 6.57. The van der Waals surface area contributed by atoms with Crippen LogP contribution in [0.3, 0.4) is 0 Å². The molecule has 1 heterocycles. The normalized spacial score (nSPS) is 15.8. The summed E-state index contributed by atoms with van der Waals surface area (Å²) in [6.45, 7) is 0. The number of carbonyl (C=O) groups excluding carboxylic acids is 1. The van der Waals surface area contributed by atoms with Crippen LogP contribution >= 0.6 is 0 Å². The summed E-state index contributed by atoms with van der Waals surface area (Å²) in [6.07, 6.45) is -1.67. The molecular formula is C19H16F3N5O2. The van der Waals surface area contributed by atoms with Crippen LogP contribution in [0.2, 0.25) is 0 Å². The molecule has 1 aliphatic rings. The van der Waals surface area contributed by atoms with Gasteiger partial charge in [0.15, 0.2) is 5.82 Å². The molecule has 1 atom stereocenters. The first-order valence-corrected chi connectivity index (χ1v) is 8.75. The van der Waals surface area contributed by atoms with Gasteiger partial charge in [-0.25, -0.2) is 14.5 Å². The zero-order valence-electron chi connectivity index (χ0n) is 15.0. The predicted octanol–water partition coefficient (Wildman–Crippen LogP) is 3.49. The van der Waals surface area contributed by atoms with Gasteiger partial charge in [0.25, 0.3) is 0 Å². The molecule has 3 aromatic rings. The van der Waals surface area contributed by atoms with Gasteiger partial charge >= 0.3 is 12.4 Å². The van der Waals surface area contributed by atoms with E-state index in [1.54, 1.807) is 0 Å². The van der Waals surface area contributed by atoms with E-state index in [4.69, 9.17) is 5.73 Å². The highest BCUT2D eigenvalue weighted by molar-refractivity contribution is 5.72. The number of benzene rings is 2. The number of carbonyl (C=O) groups is 1. The van der Waals surface area contributed by atoms with Gasteiger partial charge in [-0.1, -0.05) is 12.1 Å². The number of aryl methyl sites for hydroxylation is 1. The molecule has 1 aromatic heterocycles. The first kappa shape index (κ1) is 18.8. The standard InChI is InChI=1S/C19H16F3N5O2/c20-19(21,22)29-14-5-3-13(4-6-14)27-10-24-17(26-27)12-1-7-15-11(9-12)2-8-16(15)25-18(23)28/h1,3-7,9-10,16H,2,8H2,(H3,23,25,28). The molecule has 10 heteroatoms. The van der Waals surface area contributed by atoms with Crippen molar-refractivity contribution in [2.24, 2.45) is 5.73 Å². The summed E-state index contributed by atoms with van der Waals surface area (Å²) in [5, 5.41) is 7.12. The van der Waals surface area contributed by atoms with E-state index < -0.39 is 12.4 Å². The van der Waals surface area contributed by atoms with E-state index in [9.17, 15) is 18.0 Å². The Morgan fingerprint density at radius 1 is 1.21 bits per heavy atom. The van der Waals surface area contributed by atoms with Crippen LogP contribution in [0.5, 0.6) is 5.75 Å². The second-order valence-electron chi connectivity index (χ2n) is 6.57. The highest BCUT2D eigenvalue weighted by Crippen LogP contribution is 2.33. The van der Waals surface area contributed by atoms with Crippen molar-refractivity contribution >= 4 is 6.03 Å². The van der Waals surface area contributed by atoms with Crippen molar-refractivity contribution in [2.45, 2.75) is 25.2 Å². The van der Waals surface area contributed by atoms with Crippen molar-refractivity contribution in [3.8, 4) is 22.8 Å². The first-order chi connectivity index (χ1) is 13.8. The average Bonchev–Trinajstić information content (AvgIpc) is 3.28.